The van der Waals surface area contributed by atoms with Crippen LogP contribution in [-0.2, 0) is 9.59 Å². The molecule has 0 bridgehead atoms. The molecule has 0 aliphatic carbocycles. The number of carbonyl (C=O) groups is 2. The van der Waals surface area contributed by atoms with Crippen molar-refractivity contribution in [2.45, 2.75) is 25.8 Å². The molecule has 1 aliphatic heterocycles. The Morgan fingerprint density at radius 2 is 1.92 bits per heavy atom. The summed E-state index contributed by atoms with van der Waals surface area (Å²) in [6.07, 6.45) is 1.69. The topological polar surface area (TPSA) is 49.4 Å². The molecule has 0 spiro atoms. The van der Waals surface area contributed by atoms with Crippen molar-refractivity contribution in [2.24, 2.45) is 0 Å². The molecule has 1 fully saturated rings. The predicted octanol–water partition coefficient (Wildman–Crippen LogP) is 3.44. The third-order valence-corrected chi connectivity index (χ3v) is 4.32. The van der Waals surface area contributed by atoms with Gasteiger partial charge < -0.3 is 10.2 Å². The first kappa shape index (κ1) is 16.2. The maximum Gasteiger partial charge on any atom is 0.313 e. The van der Waals surface area contributed by atoms with Crippen LogP contribution in [0.2, 0.25) is 0 Å². The molecule has 3 rings (SSSR count). The van der Waals surface area contributed by atoms with Gasteiger partial charge in [-0.2, -0.15) is 0 Å². The number of benzene rings is 2. The SMILES string of the molecule is Cc1ccc(NC(=O)C(=O)N2CCCC2c2ccccc2)cc1F. The number of hydrogen-bond donors (Lipinski definition) is 1. The maximum atomic E-state index is 13.6. The Labute approximate surface area is 140 Å². The molecule has 124 valence electrons. The van der Waals surface area contributed by atoms with E-state index in [1.54, 1.807) is 24.0 Å². The van der Waals surface area contributed by atoms with Gasteiger partial charge in [0.05, 0.1) is 6.04 Å². The number of aryl methyl sites for hydroxylation is 1. The van der Waals surface area contributed by atoms with Gasteiger partial charge in [0, 0.05) is 12.2 Å². The van der Waals surface area contributed by atoms with E-state index in [1.807, 2.05) is 30.3 Å². The lowest BCUT2D eigenvalue weighted by Crippen LogP contribution is -2.39. The lowest BCUT2D eigenvalue weighted by Gasteiger charge is -2.24. The van der Waals surface area contributed by atoms with Crippen LogP contribution in [0.25, 0.3) is 0 Å². The van der Waals surface area contributed by atoms with Crippen LogP contribution in [0.1, 0.15) is 30.0 Å². The summed E-state index contributed by atoms with van der Waals surface area (Å²) in [5, 5.41) is 2.49. The molecule has 5 heteroatoms. The van der Waals surface area contributed by atoms with E-state index in [0.29, 0.717) is 12.1 Å². The first-order valence-corrected chi connectivity index (χ1v) is 7.99. The fourth-order valence-electron chi connectivity index (χ4n) is 3.02. The Balaban J connectivity index is 1.73. The number of nitrogens with one attached hydrogen (secondary N) is 1. The Bertz CT molecular complexity index is 761. The molecule has 1 heterocycles. The van der Waals surface area contributed by atoms with Crippen LogP contribution in [0.5, 0.6) is 0 Å². The number of hydrogen-bond acceptors (Lipinski definition) is 2. The molecule has 1 unspecified atom stereocenters. The number of nitrogens with zero attached hydrogens (tertiary/aromatic N) is 1. The molecule has 1 saturated heterocycles. The quantitative estimate of drug-likeness (QED) is 0.860. The summed E-state index contributed by atoms with van der Waals surface area (Å²) in [5.74, 6) is -1.73. The fraction of sp³-hybridized carbons (Fsp3) is 0.263. The molecule has 1 aliphatic rings. The zero-order chi connectivity index (χ0) is 17.1. The van der Waals surface area contributed by atoms with E-state index in [1.165, 1.54) is 6.07 Å². The molecule has 24 heavy (non-hydrogen) atoms. The van der Waals surface area contributed by atoms with Gasteiger partial charge in [0.15, 0.2) is 0 Å². The second kappa shape index (κ2) is 6.83. The maximum absolute atomic E-state index is 13.6. The zero-order valence-electron chi connectivity index (χ0n) is 13.5. The van der Waals surface area contributed by atoms with Crippen LogP contribution in [0, 0.1) is 12.7 Å². The average Bonchev–Trinajstić information content (AvgIpc) is 3.08. The normalized spacial score (nSPS) is 16.9. The smallest absolute Gasteiger partial charge is 0.313 e. The molecule has 4 nitrogen and oxygen atoms in total. The van der Waals surface area contributed by atoms with Crippen molar-refractivity contribution in [1.29, 1.82) is 0 Å². The molecule has 0 saturated carbocycles. The summed E-state index contributed by atoms with van der Waals surface area (Å²) >= 11 is 0. The van der Waals surface area contributed by atoms with E-state index in [4.69, 9.17) is 0 Å². The molecule has 2 amide bonds. The lowest BCUT2D eigenvalue weighted by molar-refractivity contribution is -0.143. The van der Waals surface area contributed by atoms with Crippen LogP contribution in [0.15, 0.2) is 48.5 Å². The molecule has 2 aromatic carbocycles. The Morgan fingerprint density at radius 3 is 2.62 bits per heavy atom. The van der Waals surface area contributed by atoms with Crippen LogP contribution in [0.4, 0.5) is 10.1 Å². The van der Waals surface area contributed by atoms with Crippen molar-refractivity contribution in [3.05, 3.63) is 65.5 Å². The second-order valence-corrected chi connectivity index (χ2v) is 5.99. The van der Waals surface area contributed by atoms with E-state index in [-0.39, 0.29) is 11.7 Å². The van der Waals surface area contributed by atoms with E-state index in [2.05, 4.69) is 5.32 Å². The number of likely N-dealkylation sites (tertiary alicyclic amines) is 1. The largest absolute Gasteiger partial charge is 0.327 e. The monoisotopic (exact) mass is 326 g/mol. The summed E-state index contributed by atoms with van der Waals surface area (Å²) in [5.41, 5.74) is 1.80. The van der Waals surface area contributed by atoms with Crippen LogP contribution in [0.3, 0.4) is 0 Å². The Kier molecular flexibility index (Phi) is 4.60. The van der Waals surface area contributed by atoms with Crippen LogP contribution >= 0.6 is 0 Å². The van der Waals surface area contributed by atoms with E-state index >= 15 is 0 Å². The standard InChI is InChI=1S/C19H19FN2O2/c1-13-9-10-15(12-16(13)20)21-18(23)19(24)22-11-5-8-17(22)14-6-3-2-4-7-14/h2-4,6-7,9-10,12,17H,5,8,11H2,1H3,(H,21,23). The van der Waals surface area contributed by atoms with Gasteiger partial charge >= 0.3 is 11.8 Å². The van der Waals surface area contributed by atoms with Gasteiger partial charge in [0.2, 0.25) is 0 Å². The molecule has 2 aromatic rings. The van der Waals surface area contributed by atoms with Crippen LogP contribution in [-0.4, -0.2) is 23.3 Å². The van der Waals surface area contributed by atoms with Gasteiger partial charge in [-0.05, 0) is 43.0 Å². The van der Waals surface area contributed by atoms with E-state index < -0.39 is 17.6 Å². The summed E-state index contributed by atoms with van der Waals surface area (Å²) < 4.78 is 13.6. The molecule has 1 atom stereocenters. The van der Waals surface area contributed by atoms with Crippen molar-refractivity contribution in [1.82, 2.24) is 4.90 Å². The third-order valence-electron chi connectivity index (χ3n) is 4.32. The van der Waals surface area contributed by atoms with Crippen molar-refractivity contribution < 1.29 is 14.0 Å². The summed E-state index contributed by atoms with van der Waals surface area (Å²) in [4.78, 5) is 26.3. The highest BCUT2D eigenvalue weighted by Crippen LogP contribution is 2.31. The van der Waals surface area contributed by atoms with Gasteiger partial charge in [-0.3, -0.25) is 9.59 Å². The fourth-order valence-corrected chi connectivity index (χ4v) is 3.02. The molecule has 1 N–H and O–H groups in total. The lowest BCUT2D eigenvalue weighted by atomic mass is 10.0. The first-order chi connectivity index (χ1) is 11.6. The van der Waals surface area contributed by atoms with E-state index in [9.17, 15) is 14.0 Å². The van der Waals surface area contributed by atoms with Crippen LogP contribution < -0.4 is 5.32 Å². The summed E-state index contributed by atoms with van der Waals surface area (Å²) in [6, 6.07) is 14.0. The highest BCUT2D eigenvalue weighted by molar-refractivity contribution is 6.39. The minimum atomic E-state index is -0.735. The van der Waals surface area contributed by atoms with Gasteiger partial charge in [-0.25, -0.2) is 4.39 Å². The third kappa shape index (κ3) is 3.30. The summed E-state index contributed by atoms with van der Waals surface area (Å²) in [6.45, 7) is 2.19. The average molecular weight is 326 g/mol. The number of carbonyl (C=O) groups excluding carboxylic acids is 2. The number of rotatable bonds is 2. The summed E-state index contributed by atoms with van der Waals surface area (Å²) in [7, 11) is 0. The van der Waals surface area contributed by atoms with Gasteiger partial charge in [-0.1, -0.05) is 36.4 Å². The highest BCUT2D eigenvalue weighted by atomic mass is 19.1. The molecular formula is C19H19FN2O2. The molecular weight excluding hydrogens is 307 g/mol. The van der Waals surface area contributed by atoms with Gasteiger partial charge in [-0.15, -0.1) is 0 Å². The van der Waals surface area contributed by atoms with Gasteiger partial charge in [0.25, 0.3) is 0 Å². The molecule has 0 radical (unpaired) electrons. The van der Waals surface area contributed by atoms with Crippen molar-refractivity contribution in [3.8, 4) is 0 Å². The van der Waals surface area contributed by atoms with Gasteiger partial charge in [0.1, 0.15) is 5.82 Å². The highest BCUT2D eigenvalue weighted by Gasteiger charge is 2.33. The minimum absolute atomic E-state index is 0.0841. The van der Waals surface area contributed by atoms with Crippen molar-refractivity contribution in [3.63, 3.8) is 0 Å². The number of amides is 2. The number of halogens is 1. The second-order valence-electron chi connectivity index (χ2n) is 5.99. The van der Waals surface area contributed by atoms with E-state index in [0.717, 1.165) is 18.4 Å². The zero-order valence-corrected chi connectivity index (χ0v) is 13.5. The first-order valence-electron chi connectivity index (χ1n) is 7.99. The van der Waals surface area contributed by atoms with Crippen molar-refractivity contribution in [2.75, 3.05) is 11.9 Å². The Morgan fingerprint density at radius 1 is 1.17 bits per heavy atom. The number of anilines is 1. The predicted molar refractivity (Wildman–Crippen MR) is 89.9 cm³/mol. The molecule has 0 aromatic heterocycles. The van der Waals surface area contributed by atoms with Crippen molar-refractivity contribution >= 4 is 17.5 Å². The minimum Gasteiger partial charge on any atom is -0.327 e. The Hall–Kier alpha value is -2.69.